The van der Waals surface area contributed by atoms with Gasteiger partial charge in [-0.1, -0.05) is 146 Å². The van der Waals surface area contributed by atoms with Crippen LogP contribution >= 0.6 is 0 Å². The van der Waals surface area contributed by atoms with Crippen LogP contribution < -0.4 is 0 Å². The van der Waals surface area contributed by atoms with E-state index in [2.05, 4.69) is 174 Å². The van der Waals surface area contributed by atoms with Gasteiger partial charge in [-0.05, 0) is 86.5 Å². The van der Waals surface area contributed by atoms with Crippen molar-refractivity contribution in [1.82, 2.24) is 9.55 Å². The average molecular weight is 675 g/mol. The predicted molar refractivity (Wildman–Crippen MR) is 216 cm³/mol. The Morgan fingerprint density at radius 3 is 1.81 bits per heavy atom. The molecule has 246 valence electrons. The zero-order chi connectivity index (χ0) is 34.7. The van der Waals surface area contributed by atoms with Crippen LogP contribution in [0.3, 0.4) is 0 Å². The molecule has 1 spiro atoms. The first-order valence-corrected chi connectivity index (χ1v) is 18.2. The van der Waals surface area contributed by atoms with Crippen molar-refractivity contribution >= 4 is 33.0 Å². The molecule has 0 amide bonds. The minimum Gasteiger partial charge on any atom is -0.455 e. The summed E-state index contributed by atoms with van der Waals surface area (Å²) in [4.78, 5) is 5.08. The average Bonchev–Trinajstić information content (AvgIpc) is 3.96. The van der Waals surface area contributed by atoms with Crippen LogP contribution in [0, 0.1) is 0 Å². The number of aromatic nitrogens is 2. The summed E-state index contributed by atoms with van der Waals surface area (Å²) in [6.07, 6.45) is 0. The maximum atomic E-state index is 6.87. The number of nitrogens with zero attached hydrogens (tertiary/aromatic N) is 2. The van der Waals surface area contributed by atoms with Gasteiger partial charge in [0.15, 0.2) is 0 Å². The Morgan fingerprint density at radius 1 is 0.453 bits per heavy atom. The molecule has 0 bridgehead atoms. The fraction of sp³-hybridized carbons (Fsp3) is 0.0200. The molecule has 0 fully saturated rings. The first-order valence-electron chi connectivity index (χ1n) is 18.2. The quantitative estimate of drug-likeness (QED) is 0.187. The molecule has 0 saturated carbocycles. The molecule has 0 saturated heterocycles. The second kappa shape index (κ2) is 10.5. The number of rotatable bonds is 3. The summed E-state index contributed by atoms with van der Waals surface area (Å²) in [6, 6.07) is 65.7. The maximum absolute atomic E-state index is 6.87. The van der Waals surface area contributed by atoms with E-state index in [1.807, 2.05) is 12.1 Å². The normalized spacial score (nSPS) is 13.4. The summed E-state index contributed by atoms with van der Waals surface area (Å²) >= 11 is 0. The Kier molecular flexibility index (Phi) is 5.70. The fourth-order valence-corrected chi connectivity index (χ4v) is 9.46. The monoisotopic (exact) mass is 674 g/mol. The van der Waals surface area contributed by atoms with E-state index in [4.69, 9.17) is 9.40 Å². The van der Waals surface area contributed by atoms with Crippen LogP contribution in [0.5, 0.6) is 0 Å². The van der Waals surface area contributed by atoms with Crippen molar-refractivity contribution in [2.45, 2.75) is 5.41 Å². The number of hydrogen-bond acceptors (Lipinski definition) is 2. The lowest BCUT2D eigenvalue weighted by molar-refractivity contribution is 0.669. The van der Waals surface area contributed by atoms with Gasteiger partial charge in [0, 0.05) is 27.6 Å². The highest BCUT2D eigenvalue weighted by molar-refractivity contribution is 6.13. The number of benzene rings is 8. The molecule has 0 unspecified atom stereocenters. The molecular formula is C50H30N2O. The van der Waals surface area contributed by atoms with E-state index in [1.165, 1.54) is 44.5 Å². The highest BCUT2D eigenvalue weighted by Gasteiger charge is 2.52. The number of fused-ring (bicyclic) bond motifs is 15. The van der Waals surface area contributed by atoms with Gasteiger partial charge in [-0.15, -0.1) is 0 Å². The van der Waals surface area contributed by atoms with Gasteiger partial charge in [0.25, 0.3) is 0 Å². The molecular weight excluding hydrogens is 645 g/mol. The lowest BCUT2D eigenvalue weighted by atomic mass is 9.70. The van der Waals surface area contributed by atoms with Crippen molar-refractivity contribution in [2.75, 3.05) is 0 Å². The molecule has 0 N–H and O–H groups in total. The Bertz CT molecular complexity index is 3060. The number of para-hydroxylation sites is 3. The maximum Gasteiger partial charge on any atom is 0.145 e. The molecule has 0 radical (unpaired) electrons. The van der Waals surface area contributed by atoms with Gasteiger partial charge in [-0.3, -0.25) is 4.57 Å². The molecule has 2 heterocycles. The third kappa shape index (κ3) is 3.75. The molecule has 2 aliphatic carbocycles. The fourth-order valence-electron chi connectivity index (χ4n) is 9.46. The van der Waals surface area contributed by atoms with Crippen molar-refractivity contribution in [3.8, 4) is 50.5 Å². The lowest BCUT2D eigenvalue weighted by Gasteiger charge is -2.30. The van der Waals surface area contributed by atoms with Gasteiger partial charge in [-0.2, -0.15) is 0 Å². The predicted octanol–water partition coefficient (Wildman–Crippen LogP) is 12.6. The van der Waals surface area contributed by atoms with E-state index in [9.17, 15) is 0 Å². The molecule has 12 rings (SSSR count). The third-order valence-corrected chi connectivity index (χ3v) is 11.6. The highest BCUT2D eigenvalue weighted by atomic mass is 16.3. The summed E-state index contributed by atoms with van der Waals surface area (Å²) in [6.45, 7) is 0. The van der Waals surface area contributed by atoms with Crippen LogP contribution in [0.4, 0.5) is 0 Å². The van der Waals surface area contributed by atoms with Gasteiger partial charge >= 0.3 is 0 Å². The van der Waals surface area contributed by atoms with E-state index in [1.54, 1.807) is 0 Å². The minimum atomic E-state index is -0.389. The van der Waals surface area contributed by atoms with Gasteiger partial charge in [-0.25, -0.2) is 4.98 Å². The Morgan fingerprint density at radius 2 is 1.06 bits per heavy atom. The topological polar surface area (TPSA) is 31.0 Å². The van der Waals surface area contributed by atoms with E-state index < -0.39 is 0 Å². The largest absolute Gasteiger partial charge is 0.455 e. The standard InChI is InChI=1S/C50H30N2O/c1-2-12-34(13-3-1)52-45-21-11-10-20-44(45)51-49(52)32-24-22-31(23-25-32)33-26-29-46-39(30-33)37-27-28-43-47(48(37)53-46)38-16-6-9-19-42(38)50(43)40-17-7-4-14-35(40)36-15-5-8-18-41(36)50/h1-30H. The number of hydrogen-bond donors (Lipinski definition) is 0. The molecule has 53 heavy (non-hydrogen) atoms. The summed E-state index contributed by atoms with van der Waals surface area (Å²) in [5.41, 5.74) is 18.4. The van der Waals surface area contributed by atoms with Crippen LogP contribution in [-0.2, 0) is 5.41 Å². The summed E-state index contributed by atoms with van der Waals surface area (Å²) < 4.78 is 9.12. The molecule has 0 aliphatic heterocycles. The number of furan rings is 1. The number of imidazole rings is 1. The Balaban J connectivity index is 1.01. The molecule has 0 atom stereocenters. The molecule has 8 aromatic carbocycles. The van der Waals surface area contributed by atoms with Crippen molar-refractivity contribution in [3.05, 3.63) is 204 Å². The van der Waals surface area contributed by atoms with Gasteiger partial charge in [0.05, 0.1) is 16.4 Å². The highest BCUT2D eigenvalue weighted by Crippen LogP contribution is 2.64. The SMILES string of the molecule is c1ccc(-n2c(-c3ccc(-c4ccc5oc6c7c(ccc6c5c4)C4(c5ccccc5-c5ccccc54)c4ccccc4-7)cc3)nc3ccccc32)cc1. The summed E-state index contributed by atoms with van der Waals surface area (Å²) in [7, 11) is 0. The van der Waals surface area contributed by atoms with E-state index in [0.717, 1.165) is 61.2 Å². The lowest BCUT2D eigenvalue weighted by Crippen LogP contribution is -2.25. The van der Waals surface area contributed by atoms with Crippen LogP contribution in [0.2, 0.25) is 0 Å². The van der Waals surface area contributed by atoms with Crippen molar-refractivity contribution in [1.29, 1.82) is 0 Å². The summed E-state index contributed by atoms with van der Waals surface area (Å²) in [5, 5.41) is 2.26. The van der Waals surface area contributed by atoms with Crippen molar-refractivity contribution in [3.63, 3.8) is 0 Å². The van der Waals surface area contributed by atoms with E-state index >= 15 is 0 Å². The Hall–Kier alpha value is -6.97. The van der Waals surface area contributed by atoms with Gasteiger partial charge in [0.2, 0.25) is 0 Å². The molecule has 10 aromatic rings. The first kappa shape index (κ1) is 28.7. The van der Waals surface area contributed by atoms with E-state index in [-0.39, 0.29) is 5.41 Å². The third-order valence-electron chi connectivity index (χ3n) is 11.6. The Labute approximate surface area is 306 Å². The van der Waals surface area contributed by atoms with Crippen LogP contribution in [0.1, 0.15) is 22.3 Å². The van der Waals surface area contributed by atoms with E-state index in [0.29, 0.717) is 0 Å². The minimum absolute atomic E-state index is 0.389. The zero-order valence-electron chi connectivity index (χ0n) is 28.6. The molecule has 2 aliphatic rings. The molecule has 2 aromatic heterocycles. The first-order chi connectivity index (χ1) is 26.3. The molecule has 3 nitrogen and oxygen atoms in total. The zero-order valence-corrected chi connectivity index (χ0v) is 28.6. The summed E-state index contributed by atoms with van der Waals surface area (Å²) in [5.74, 6) is 0.930. The van der Waals surface area contributed by atoms with Crippen LogP contribution in [0.25, 0.3) is 83.4 Å². The van der Waals surface area contributed by atoms with Crippen molar-refractivity contribution < 1.29 is 4.42 Å². The van der Waals surface area contributed by atoms with Gasteiger partial charge in [0.1, 0.15) is 17.0 Å². The molecule has 3 heteroatoms. The van der Waals surface area contributed by atoms with Crippen molar-refractivity contribution in [2.24, 2.45) is 0 Å². The van der Waals surface area contributed by atoms with Gasteiger partial charge < -0.3 is 4.42 Å². The van der Waals surface area contributed by atoms with Crippen LogP contribution in [0.15, 0.2) is 186 Å². The second-order valence-corrected chi connectivity index (χ2v) is 14.2. The van der Waals surface area contributed by atoms with Crippen LogP contribution in [-0.4, -0.2) is 9.55 Å². The second-order valence-electron chi connectivity index (χ2n) is 14.2. The smallest absolute Gasteiger partial charge is 0.145 e.